The van der Waals surface area contributed by atoms with Gasteiger partial charge in [0.05, 0.1) is 6.20 Å². The minimum Gasteiger partial charge on any atom is -0.441 e. The van der Waals surface area contributed by atoms with Gasteiger partial charge in [0.25, 0.3) is 0 Å². The van der Waals surface area contributed by atoms with E-state index in [9.17, 15) is 13.6 Å². The van der Waals surface area contributed by atoms with Crippen molar-refractivity contribution in [3.63, 3.8) is 0 Å². The summed E-state index contributed by atoms with van der Waals surface area (Å²) in [5.41, 5.74) is 1.59. The third kappa shape index (κ3) is 4.09. The molecule has 0 aliphatic carbocycles. The van der Waals surface area contributed by atoms with Gasteiger partial charge in [-0.3, -0.25) is 4.79 Å². The minimum absolute atomic E-state index is 0.00161. The molecule has 0 radical (unpaired) electrons. The summed E-state index contributed by atoms with van der Waals surface area (Å²) in [6, 6.07) is 11.2. The molecule has 25 heavy (non-hydrogen) atoms. The fourth-order valence-corrected chi connectivity index (χ4v) is 2.32. The van der Waals surface area contributed by atoms with Gasteiger partial charge < -0.3 is 9.73 Å². The standard InChI is InChI=1S/C19H16F2N2O2/c1-12-5-7-13(8-6-12)16-11-22-18(25-16)10-9-17(24)23-19-14(20)3-2-4-15(19)21/h2-8,11H,9-10H2,1H3,(H,23,24). The van der Waals surface area contributed by atoms with Crippen LogP contribution in [0.2, 0.25) is 0 Å². The second-order valence-corrected chi connectivity index (χ2v) is 5.63. The van der Waals surface area contributed by atoms with Crippen molar-refractivity contribution in [2.24, 2.45) is 0 Å². The first-order valence-electron chi connectivity index (χ1n) is 7.78. The summed E-state index contributed by atoms with van der Waals surface area (Å²) in [6.45, 7) is 1.99. The highest BCUT2D eigenvalue weighted by atomic mass is 19.1. The lowest BCUT2D eigenvalue weighted by Gasteiger charge is -2.06. The largest absolute Gasteiger partial charge is 0.441 e. The molecule has 6 heteroatoms. The molecule has 4 nitrogen and oxygen atoms in total. The van der Waals surface area contributed by atoms with E-state index >= 15 is 0 Å². The zero-order valence-corrected chi connectivity index (χ0v) is 13.6. The smallest absolute Gasteiger partial charge is 0.225 e. The molecule has 1 N–H and O–H groups in total. The first-order chi connectivity index (χ1) is 12.0. The number of anilines is 1. The van der Waals surface area contributed by atoms with E-state index in [2.05, 4.69) is 10.3 Å². The number of benzene rings is 2. The zero-order valence-electron chi connectivity index (χ0n) is 13.6. The Morgan fingerprint density at radius 3 is 2.48 bits per heavy atom. The molecule has 0 bridgehead atoms. The molecule has 1 amide bonds. The number of aryl methyl sites for hydroxylation is 2. The van der Waals surface area contributed by atoms with E-state index < -0.39 is 23.2 Å². The average Bonchev–Trinajstić information content (AvgIpc) is 3.06. The predicted octanol–water partition coefficient (Wildman–Crippen LogP) is 4.50. The predicted molar refractivity (Wildman–Crippen MR) is 90.0 cm³/mol. The maximum absolute atomic E-state index is 13.5. The fraction of sp³-hybridized carbons (Fsp3) is 0.158. The van der Waals surface area contributed by atoms with Crippen LogP contribution < -0.4 is 5.32 Å². The Morgan fingerprint density at radius 1 is 1.12 bits per heavy atom. The molecular formula is C19H16F2N2O2. The molecule has 1 aromatic heterocycles. The van der Waals surface area contributed by atoms with Gasteiger partial charge in [-0.2, -0.15) is 0 Å². The zero-order chi connectivity index (χ0) is 17.8. The van der Waals surface area contributed by atoms with Gasteiger partial charge in [-0.05, 0) is 19.1 Å². The Morgan fingerprint density at radius 2 is 1.80 bits per heavy atom. The number of oxazole rings is 1. The molecule has 128 valence electrons. The van der Waals surface area contributed by atoms with E-state index in [4.69, 9.17) is 4.42 Å². The van der Waals surface area contributed by atoms with Gasteiger partial charge in [-0.1, -0.05) is 35.9 Å². The number of hydrogen-bond acceptors (Lipinski definition) is 3. The number of rotatable bonds is 5. The lowest BCUT2D eigenvalue weighted by atomic mass is 10.1. The molecule has 3 aromatic rings. The van der Waals surface area contributed by atoms with Crippen molar-refractivity contribution < 1.29 is 18.0 Å². The molecule has 0 aliphatic rings. The maximum atomic E-state index is 13.5. The summed E-state index contributed by atoms with van der Waals surface area (Å²) in [5, 5.41) is 2.24. The Hall–Kier alpha value is -3.02. The number of carbonyl (C=O) groups excluding carboxylic acids is 1. The Labute approximate surface area is 143 Å². The van der Waals surface area contributed by atoms with Crippen molar-refractivity contribution in [1.82, 2.24) is 4.98 Å². The van der Waals surface area contributed by atoms with Crippen LogP contribution in [0.25, 0.3) is 11.3 Å². The molecule has 0 saturated heterocycles. The molecule has 0 atom stereocenters. The van der Waals surface area contributed by atoms with Crippen LogP contribution in [-0.4, -0.2) is 10.9 Å². The first-order valence-corrected chi connectivity index (χ1v) is 7.78. The molecule has 0 spiro atoms. The molecule has 0 saturated carbocycles. The van der Waals surface area contributed by atoms with Crippen LogP contribution in [-0.2, 0) is 11.2 Å². The van der Waals surface area contributed by atoms with Crippen LogP contribution in [0.1, 0.15) is 17.9 Å². The van der Waals surface area contributed by atoms with Gasteiger partial charge in [0.1, 0.15) is 17.3 Å². The first kappa shape index (κ1) is 16.8. The van der Waals surface area contributed by atoms with Crippen LogP contribution in [0.4, 0.5) is 14.5 Å². The van der Waals surface area contributed by atoms with Crippen LogP contribution in [0.5, 0.6) is 0 Å². The summed E-state index contributed by atoms with van der Waals surface area (Å²) >= 11 is 0. The SMILES string of the molecule is Cc1ccc(-c2cnc(CCC(=O)Nc3c(F)cccc3F)o2)cc1. The number of halogens is 2. The maximum Gasteiger partial charge on any atom is 0.225 e. The average molecular weight is 342 g/mol. The van der Waals surface area contributed by atoms with Crippen LogP contribution in [0.3, 0.4) is 0 Å². The second-order valence-electron chi connectivity index (χ2n) is 5.63. The molecular weight excluding hydrogens is 326 g/mol. The van der Waals surface area contributed by atoms with Crippen LogP contribution >= 0.6 is 0 Å². The van der Waals surface area contributed by atoms with Crippen molar-refractivity contribution in [2.45, 2.75) is 19.8 Å². The topological polar surface area (TPSA) is 55.1 Å². The number of amides is 1. The van der Waals surface area contributed by atoms with Gasteiger partial charge in [0, 0.05) is 18.4 Å². The molecule has 0 aliphatic heterocycles. The highest BCUT2D eigenvalue weighted by Gasteiger charge is 2.13. The van der Waals surface area contributed by atoms with Crippen molar-refractivity contribution >= 4 is 11.6 Å². The molecule has 3 rings (SSSR count). The summed E-state index contributed by atoms with van der Waals surface area (Å²) in [6.07, 6.45) is 1.82. The minimum atomic E-state index is -0.814. The number of para-hydroxylation sites is 1. The summed E-state index contributed by atoms with van der Waals surface area (Å²) < 4.78 is 32.6. The molecule has 0 unspecified atom stereocenters. The van der Waals surface area contributed by atoms with E-state index in [1.165, 1.54) is 6.07 Å². The Bertz CT molecular complexity index is 868. The number of nitrogens with one attached hydrogen (secondary N) is 1. The van der Waals surface area contributed by atoms with Gasteiger partial charge in [0.15, 0.2) is 11.7 Å². The monoisotopic (exact) mass is 342 g/mol. The summed E-state index contributed by atoms with van der Waals surface area (Å²) in [5.74, 6) is -1.15. The van der Waals surface area contributed by atoms with Crippen LogP contribution in [0.15, 0.2) is 53.1 Å². The van der Waals surface area contributed by atoms with E-state index in [0.717, 1.165) is 23.3 Å². The third-order valence-corrected chi connectivity index (χ3v) is 3.68. The number of carbonyl (C=O) groups is 1. The van der Waals surface area contributed by atoms with Crippen molar-refractivity contribution in [1.29, 1.82) is 0 Å². The normalized spacial score (nSPS) is 10.7. The van der Waals surface area contributed by atoms with Crippen LogP contribution in [0, 0.1) is 18.6 Å². The summed E-state index contributed by atoms with van der Waals surface area (Å²) in [4.78, 5) is 16.0. The number of hydrogen-bond donors (Lipinski definition) is 1. The van der Waals surface area contributed by atoms with E-state index in [1.54, 1.807) is 6.20 Å². The van der Waals surface area contributed by atoms with Gasteiger partial charge in [0.2, 0.25) is 5.91 Å². The lowest BCUT2D eigenvalue weighted by molar-refractivity contribution is -0.116. The van der Waals surface area contributed by atoms with E-state index in [1.807, 2.05) is 31.2 Å². The molecule has 1 heterocycles. The van der Waals surface area contributed by atoms with E-state index in [0.29, 0.717) is 11.7 Å². The Balaban J connectivity index is 1.60. The quantitative estimate of drug-likeness (QED) is 0.743. The second kappa shape index (κ2) is 7.25. The third-order valence-electron chi connectivity index (χ3n) is 3.68. The van der Waals surface area contributed by atoms with E-state index in [-0.39, 0.29) is 12.8 Å². The Kier molecular flexibility index (Phi) is 4.88. The fourth-order valence-electron chi connectivity index (χ4n) is 2.32. The van der Waals surface area contributed by atoms with Gasteiger partial charge >= 0.3 is 0 Å². The van der Waals surface area contributed by atoms with Gasteiger partial charge in [-0.25, -0.2) is 13.8 Å². The molecule has 2 aromatic carbocycles. The highest BCUT2D eigenvalue weighted by Crippen LogP contribution is 2.22. The number of aromatic nitrogens is 1. The van der Waals surface area contributed by atoms with Crippen molar-refractivity contribution in [3.8, 4) is 11.3 Å². The summed E-state index contributed by atoms with van der Waals surface area (Å²) in [7, 11) is 0. The number of nitrogens with zero attached hydrogens (tertiary/aromatic N) is 1. The molecule has 0 fully saturated rings. The highest BCUT2D eigenvalue weighted by molar-refractivity contribution is 5.91. The lowest BCUT2D eigenvalue weighted by Crippen LogP contribution is -2.14. The van der Waals surface area contributed by atoms with Crippen molar-refractivity contribution in [2.75, 3.05) is 5.32 Å². The van der Waals surface area contributed by atoms with Gasteiger partial charge in [-0.15, -0.1) is 0 Å². The van der Waals surface area contributed by atoms with Crippen molar-refractivity contribution in [3.05, 3.63) is 71.8 Å².